The predicted octanol–water partition coefficient (Wildman–Crippen LogP) is 2.97. The summed E-state index contributed by atoms with van der Waals surface area (Å²) >= 11 is 5.49. The maximum atomic E-state index is 12.4. The van der Waals surface area contributed by atoms with E-state index in [0.717, 1.165) is 0 Å². The first-order valence-corrected chi connectivity index (χ1v) is 4.89. The Hall–Kier alpha value is -1.48. The van der Waals surface area contributed by atoms with E-state index in [1.54, 1.807) is 13.8 Å². The standard InChI is InChI=1S/C10H9ClF3N3/c1-4-9(2,3)17-7-5-6(11)15-8(16-7)10(12,13)14/h1,5H,2-3H3,(H,15,16,17). The number of rotatable bonds is 2. The Balaban J connectivity index is 3.12. The van der Waals surface area contributed by atoms with E-state index in [1.165, 1.54) is 6.07 Å². The van der Waals surface area contributed by atoms with Crippen LogP contribution in [0, 0.1) is 12.3 Å². The molecule has 0 atom stereocenters. The third-order valence-corrected chi connectivity index (χ3v) is 1.94. The summed E-state index contributed by atoms with van der Waals surface area (Å²) in [6, 6.07) is 1.18. The highest BCUT2D eigenvalue weighted by Gasteiger charge is 2.35. The molecule has 92 valence electrons. The van der Waals surface area contributed by atoms with E-state index in [0.29, 0.717) is 0 Å². The molecule has 0 aliphatic rings. The summed E-state index contributed by atoms with van der Waals surface area (Å²) < 4.78 is 37.2. The van der Waals surface area contributed by atoms with Crippen LogP contribution in [0.5, 0.6) is 0 Å². The SMILES string of the molecule is C#CC(C)(C)Nc1cc(Cl)nc(C(F)(F)F)n1. The molecule has 1 aromatic heterocycles. The average molecular weight is 264 g/mol. The number of hydrogen-bond acceptors (Lipinski definition) is 3. The second kappa shape index (κ2) is 4.41. The van der Waals surface area contributed by atoms with Crippen LogP contribution in [-0.2, 0) is 6.18 Å². The summed E-state index contributed by atoms with van der Waals surface area (Å²) in [5.74, 6) is 0.997. The molecule has 1 heterocycles. The Kier molecular flexibility index (Phi) is 3.53. The zero-order chi connectivity index (χ0) is 13.3. The predicted molar refractivity (Wildman–Crippen MR) is 58.6 cm³/mol. The van der Waals surface area contributed by atoms with Crippen LogP contribution in [0.3, 0.4) is 0 Å². The number of nitrogens with zero attached hydrogens (tertiary/aromatic N) is 2. The molecule has 0 bridgehead atoms. The van der Waals surface area contributed by atoms with E-state index < -0.39 is 17.5 Å². The smallest absolute Gasteiger partial charge is 0.354 e. The summed E-state index contributed by atoms with van der Waals surface area (Å²) in [5, 5.41) is 2.35. The van der Waals surface area contributed by atoms with Crippen molar-refractivity contribution in [1.29, 1.82) is 0 Å². The highest BCUT2D eigenvalue weighted by atomic mass is 35.5. The lowest BCUT2D eigenvalue weighted by atomic mass is 10.1. The minimum absolute atomic E-state index is 0.0692. The lowest BCUT2D eigenvalue weighted by molar-refractivity contribution is -0.144. The molecule has 0 radical (unpaired) electrons. The van der Waals surface area contributed by atoms with Crippen molar-refractivity contribution in [3.05, 3.63) is 17.0 Å². The van der Waals surface area contributed by atoms with Gasteiger partial charge in [0.15, 0.2) is 0 Å². The second-order valence-electron chi connectivity index (χ2n) is 3.79. The summed E-state index contributed by atoms with van der Waals surface area (Å²) in [6.45, 7) is 3.24. The van der Waals surface area contributed by atoms with Gasteiger partial charge < -0.3 is 5.32 Å². The Labute approximate surface area is 101 Å². The van der Waals surface area contributed by atoms with Crippen LogP contribution in [-0.4, -0.2) is 15.5 Å². The van der Waals surface area contributed by atoms with E-state index in [-0.39, 0.29) is 11.0 Å². The third-order valence-electron chi connectivity index (χ3n) is 1.75. The summed E-state index contributed by atoms with van der Waals surface area (Å²) in [6.07, 6.45) is 0.554. The number of alkyl halides is 3. The van der Waals surface area contributed by atoms with Crippen molar-refractivity contribution >= 4 is 17.4 Å². The largest absolute Gasteiger partial charge is 0.451 e. The number of anilines is 1. The lowest BCUT2D eigenvalue weighted by Crippen LogP contribution is -2.29. The molecular weight excluding hydrogens is 255 g/mol. The van der Waals surface area contributed by atoms with Gasteiger partial charge in [-0.05, 0) is 13.8 Å². The van der Waals surface area contributed by atoms with Crippen molar-refractivity contribution in [1.82, 2.24) is 9.97 Å². The van der Waals surface area contributed by atoms with Gasteiger partial charge in [-0.25, -0.2) is 9.97 Å². The topological polar surface area (TPSA) is 37.8 Å². The highest BCUT2D eigenvalue weighted by Crippen LogP contribution is 2.28. The number of aromatic nitrogens is 2. The van der Waals surface area contributed by atoms with Crippen molar-refractivity contribution in [3.8, 4) is 12.3 Å². The zero-order valence-electron chi connectivity index (χ0n) is 9.06. The van der Waals surface area contributed by atoms with Crippen molar-refractivity contribution < 1.29 is 13.2 Å². The molecule has 3 nitrogen and oxygen atoms in total. The molecule has 0 aromatic carbocycles. The average Bonchev–Trinajstić information content (AvgIpc) is 2.14. The first-order chi connectivity index (χ1) is 7.64. The molecule has 1 rings (SSSR count). The normalized spacial score (nSPS) is 12.1. The Morgan fingerprint density at radius 1 is 1.35 bits per heavy atom. The van der Waals surface area contributed by atoms with Crippen molar-refractivity contribution in [3.63, 3.8) is 0 Å². The zero-order valence-corrected chi connectivity index (χ0v) is 9.82. The molecule has 1 N–H and O–H groups in total. The molecule has 17 heavy (non-hydrogen) atoms. The van der Waals surface area contributed by atoms with E-state index in [9.17, 15) is 13.2 Å². The van der Waals surface area contributed by atoms with Gasteiger partial charge in [0.25, 0.3) is 0 Å². The van der Waals surface area contributed by atoms with Gasteiger partial charge in [-0.2, -0.15) is 13.2 Å². The van der Waals surface area contributed by atoms with Gasteiger partial charge in [-0.15, -0.1) is 6.42 Å². The van der Waals surface area contributed by atoms with Crippen molar-refractivity contribution in [2.75, 3.05) is 5.32 Å². The summed E-state index contributed by atoms with van der Waals surface area (Å²) in [5.41, 5.74) is -0.833. The van der Waals surface area contributed by atoms with Gasteiger partial charge in [-0.3, -0.25) is 0 Å². The highest BCUT2D eigenvalue weighted by molar-refractivity contribution is 6.29. The fourth-order valence-corrected chi connectivity index (χ4v) is 1.15. The van der Waals surface area contributed by atoms with Gasteiger partial charge in [0, 0.05) is 6.07 Å². The van der Waals surface area contributed by atoms with Crippen LogP contribution in [0.2, 0.25) is 5.15 Å². The summed E-state index contributed by atoms with van der Waals surface area (Å²) in [7, 11) is 0. The first-order valence-electron chi connectivity index (χ1n) is 4.52. The maximum Gasteiger partial charge on any atom is 0.451 e. The van der Waals surface area contributed by atoms with Crippen molar-refractivity contribution in [2.45, 2.75) is 25.6 Å². The van der Waals surface area contributed by atoms with E-state index in [2.05, 4.69) is 21.2 Å². The Morgan fingerprint density at radius 3 is 2.41 bits per heavy atom. The van der Waals surface area contributed by atoms with Crippen molar-refractivity contribution in [2.24, 2.45) is 0 Å². The second-order valence-corrected chi connectivity index (χ2v) is 4.18. The van der Waals surface area contributed by atoms with Crippen LogP contribution < -0.4 is 5.32 Å². The molecule has 0 aliphatic heterocycles. The van der Waals surface area contributed by atoms with Crippen LogP contribution in [0.4, 0.5) is 19.0 Å². The van der Waals surface area contributed by atoms with Gasteiger partial charge >= 0.3 is 6.18 Å². The van der Waals surface area contributed by atoms with E-state index in [1.807, 2.05) is 0 Å². The Bertz CT molecular complexity index is 463. The quantitative estimate of drug-likeness (QED) is 0.658. The van der Waals surface area contributed by atoms with Crippen LogP contribution in [0.25, 0.3) is 0 Å². The van der Waals surface area contributed by atoms with Gasteiger partial charge in [0.1, 0.15) is 11.0 Å². The third kappa shape index (κ3) is 3.79. The fraction of sp³-hybridized carbons (Fsp3) is 0.400. The number of terminal acetylenes is 1. The molecule has 0 amide bonds. The molecule has 0 spiro atoms. The Morgan fingerprint density at radius 2 is 1.94 bits per heavy atom. The number of nitrogens with one attached hydrogen (secondary N) is 1. The van der Waals surface area contributed by atoms with Crippen LogP contribution in [0.15, 0.2) is 6.07 Å². The molecule has 0 saturated carbocycles. The molecular formula is C10H9ClF3N3. The fourth-order valence-electron chi connectivity index (χ4n) is 0.965. The number of halogens is 4. The van der Waals surface area contributed by atoms with Gasteiger partial charge in [0.05, 0.1) is 5.54 Å². The minimum atomic E-state index is -4.65. The van der Waals surface area contributed by atoms with E-state index in [4.69, 9.17) is 18.0 Å². The molecule has 0 unspecified atom stereocenters. The first kappa shape index (κ1) is 13.6. The van der Waals surface area contributed by atoms with E-state index >= 15 is 0 Å². The molecule has 0 aliphatic carbocycles. The number of hydrogen-bond donors (Lipinski definition) is 1. The monoisotopic (exact) mass is 263 g/mol. The summed E-state index contributed by atoms with van der Waals surface area (Å²) in [4.78, 5) is 6.41. The molecule has 0 saturated heterocycles. The maximum absolute atomic E-state index is 12.4. The van der Waals surface area contributed by atoms with Gasteiger partial charge in [0.2, 0.25) is 5.82 Å². The molecule has 1 aromatic rings. The van der Waals surface area contributed by atoms with Gasteiger partial charge in [-0.1, -0.05) is 17.5 Å². The van der Waals surface area contributed by atoms with Crippen LogP contribution >= 0.6 is 11.6 Å². The molecule has 7 heteroatoms. The minimum Gasteiger partial charge on any atom is -0.354 e. The molecule has 0 fully saturated rings. The van der Waals surface area contributed by atoms with Crippen LogP contribution in [0.1, 0.15) is 19.7 Å². The lowest BCUT2D eigenvalue weighted by Gasteiger charge is -2.20.